The summed E-state index contributed by atoms with van der Waals surface area (Å²) >= 11 is 0. The number of hydrogen-bond donors (Lipinski definition) is 3. The molecule has 0 heterocycles. The maximum atomic E-state index is 10.3. The molecule has 0 saturated heterocycles. The third-order valence-corrected chi connectivity index (χ3v) is 1.94. The van der Waals surface area contributed by atoms with E-state index in [9.17, 15) is 4.57 Å². The highest BCUT2D eigenvalue weighted by Crippen LogP contribution is 2.36. The summed E-state index contributed by atoms with van der Waals surface area (Å²) in [6, 6.07) is 1.53. The molecule has 0 fully saturated rings. The number of nitriles is 1. The summed E-state index contributed by atoms with van der Waals surface area (Å²) in [6.45, 7) is 1.21. The minimum Gasteiger partial charge on any atom is -0.376 e. The lowest BCUT2D eigenvalue weighted by Gasteiger charge is -2.13. The van der Waals surface area contributed by atoms with E-state index in [2.05, 4.69) is 0 Å². The third kappa shape index (κ3) is 6.02. The van der Waals surface area contributed by atoms with E-state index in [-0.39, 0.29) is 6.42 Å². The fourth-order valence-corrected chi connectivity index (χ4v) is 1.15. The van der Waals surface area contributed by atoms with Gasteiger partial charge in [0.1, 0.15) is 5.60 Å². The largest absolute Gasteiger partial charge is 0.376 e. The standard InChI is InChI=1S/C5H10NO4P/c1-5(7,4-6)2-3-11(8,9)10/h7H,2-3H2,1H3,(H2,8,9,10)/t5-/m0/s1. The molecular formula is C5H10NO4P. The van der Waals surface area contributed by atoms with Crippen LogP contribution in [0.4, 0.5) is 0 Å². The molecule has 0 bridgehead atoms. The molecule has 6 heteroatoms. The zero-order valence-corrected chi connectivity index (χ0v) is 6.95. The van der Waals surface area contributed by atoms with Gasteiger partial charge in [0.05, 0.1) is 12.2 Å². The average Bonchev–Trinajstić information content (AvgIpc) is 1.83. The highest BCUT2D eigenvalue weighted by Gasteiger charge is 2.24. The van der Waals surface area contributed by atoms with E-state index in [4.69, 9.17) is 20.2 Å². The Morgan fingerprint density at radius 1 is 1.64 bits per heavy atom. The van der Waals surface area contributed by atoms with E-state index < -0.39 is 19.4 Å². The molecule has 0 unspecified atom stereocenters. The van der Waals surface area contributed by atoms with E-state index in [0.29, 0.717) is 0 Å². The van der Waals surface area contributed by atoms with Crippen molar-refractivity contribution < 1.29 is 19.5 Å². The summed E-state index contributed by atoms with van der Waals surface area (Å²) in [5, 5.41) is 17.2. The van der Waals surface area contributed by atoms with Gasteiger partial charge in [0.25, 0.3) is 0 Å². The van der Waals surface area contributed by atoms with Crippen molar-refractivity contribution >= 4 is 7.60 Å². The Balaban J connectivity index is 3.93. The maximum Gasteiger partial charge on any atom is 0.325 e. The summed E-state index contributed by atoms with van der Waals surface area (Å²) < 4.78 is 10.3. The second-order valence-corrected chi connectivity index (χ2v) is 4.30. The maximum absolute atomic E-state index is 10.3. The summed E-state index contributed by atoms with van der Waals surface area (Å²) in [5.41, 5.74) is -1.64. The number of aliphatic hydroxyl groups is 1. The first kappa shape index (κ1) is 10.6. The first-order valence-electron chi connectivity index (χ1n) is 2.95. The topological polar surface area (TPSA) is 102 Å². The molecule has 0 radical (unpaired) electrons. The molecule has 0 aliphatic heterocycles. The SMILES string of the molecule is C[C@@](O)(C#N)CCP(=O)(O)O. The fraction of sp³-hybridized carbons (Fsp3) is 0.800. The Morgan fingerprint density at radius 2 is 2.09 bits per heavy atom. The molecule has 0 aromatic carbocycles. The normalized spacial score (nSPS) is 17.0. The van der Waals surface area contributed by atoms with Crippen molar-refractivity contribution in [2.45, 2.75) is 18.9 Å². The average molecular weight is 179 g/mol. The van der Waals surface area contributed by atoms with E-state index in [1.165, 1.54) is 13.0 Å². The molecule has 0 aromatic heterocycles. The lowest BCUT2D eigenvalue weighted by molar-refractivity contribution is 0.114. The predicted octanol–water partition coefficient (Wildman–Crippen LogP) is -0.171. The summed E-state index contributed by atoms with van der Waals surface area (Å²) in [4.78, 5) is 16.7. The van der Waals surface area contributed by atoms with Crippen LogP contribution in [0.2, 0.25) is 0 Å². The van der Waals surface area contributed by atoms with Gasteiger partial charge in [-0.2, -0.15) is 5.26 Å². The van der Waals surface area contributed by atoms with Crippen LogP contribution in [0.25, 0.3) is 0 Å². The molecular weight excluding hydrogens is 169 g/mol. The first-order valence-corrected chi connectivity index (χ1v) is 4.75. The highest BCUT2D eigenvalue weighted by atomic mass is 31.2. The molecule has 3 N–H and O–H groups in total. The molecule has 0 rings (SSSR count). The van der Waals surface area contributed by atoms with Gasteiger partial charge in [-0.1, -0.05) is 0 Å². The first-order chi connectivity index (χ1) is 4.77. The van der Waals surface area contributed by atoms with Crippen LogP contribution in [0.5, 0.6) is 0 Å². The van der Waals surface area contributed by atoms with Gasteiger partial charge in [-0.15, -0.1) is 0 Å². The smallest absolute Gasteiger partial charge is 0.325 e. The van der Waals surface area contributed by atoms with Gasteiger partial charge in [0.2, 0.25) is 0 Å². The number of hydrogen-bond acceptors (Lipinski definition) is 3. The minimum atomic E-state index is -4.09. The molecule has 1 atom stereocenters. The van der Waals surface area contributed by atoms with Gasteiger partial charge in [-0.05, 0) is 6.92 Å². The Hall–Kier alpha value is -0.400. The second kappa shape index (κ2) is 3.33. The molecule has 64 valence electrons. The predicted molar refractivity (Wildman–Crippen MR) is 37.8 cm³/mol. The number of nitrogens with zero attached hydrogens (tertiary/aromatic N) is 1. The Morgan fingerprint density at radius 3 is 2.36 bits per heavy atom. The molecule has 0 aliphatic carbocycles. The molecule has 11 heavy (non-hydrogen) atoms. The molecule has 0 amide bonds. The van der Waals surface area contributed by atoms with E-state index in [1.54, 1.807) is 0 Å². The van der Waals surface area contributed by atoms with Crippen molar-refractivity contribution in [3.63, 3.8) is 0 Å². The van der Waals surface area contributed by atoms with Gasteiger partial charge < -0.3 is 14.9 Å². The van der Waals surface area contributed by atoms with Crippen LogP contribution in [0.3, 0.4) is 0 Å². The van der Waals surface area contributed by atoms with Crippen LogP contribution in [0.15, 0.2) is 0 Å². The van der Waals surface area contributed by atoms with Crippen molar-refractivity contribution in [2.75, 3.05) is 6.16 Å². The van der Waals surface area contributed by atoms with Gasteiger partial charge >= 0.3 is 7.60 Å². The summed E-state index contributed by atoms with van der Waals surface area (Å²) in [6.07, 6.45) is -0.679. The van der Waals surface area contributed by atoms with Gasteiger partial charge in [0, 0.05) is 6.42 Å². The number of rotatable bonds is 3. The van der Waals surface area contributed by atoms with Crippen LogP contribution < -0.4 is 0 Å². The van der Waals surface area contributed by atoms with Gasteiger partial charge in [0.15, 0.2) is 0 Å². The van der Waals surface area contributed by atoms with Crippen molar-refractivity contribution in [3.05, 3.63) is 0 Å². The lowest BCUT2D eigenvalue weighted by Crippen LogP contribution is -2.22. The quantitative estimate of drug-likeness (QED) is 0.412. The van der Waals surface area contributed by atoms with Crippen molar-refractivity contribution in [1.82, 2.24) is 0 Å². The monoisotopic (exact) mass is 179 g/mol. The lowest BCUT2D eigenvalue weighted by atomic mass is 10.1. The molecule has 0 aromatic rings. The van der Waals surface area contributed by atoms with E-state index in [1.807, 2.05) is 0 Å². The van der Waals surface area contributed by atoms with E-state index >= 15 is 0 Å². The Kier molecular flexibility index (Phi) is 3.21. The van der Waals surface area contributed by atoms with Crippen molar-refractivity contribution in [2.24, 2.45) is 0 Å². The van der Waals surface area contributed by atoms with Crippen molar-refractivity contribution in [3.8, 4) is 6.07 Å². The van der Waals surface area contributed by atoms with Crippen LogP contribution in [-0.4, -0.2) is 26.7 Å². The molecule has 5 nitrogen and oxygen atoms in total. The van der Waals surface area contributed by atoms with Crippen LogP contribution in [0, 0.1) is 11.3 Å². The zero-order valence-electron chi connectivity index (χ0n) is 6.06. The minimum absolute atomic E-state index is 0.215. The van der Waals surface area contributed by atoms with Crippen molar-refractivity contribution in [1.29, 1.82) is 5.26 Å². The van der Waals surface area contributed by atoms with Gasteiger partial charge in [-0.25, -0.2) is 0 Å². The summed E-state index contributed by atoms with van der Waals surface area (Å²) in [5.74, 6) is 0. The van der Waals surface area contributed by atoms with Crippen LogP contribution >= 0.6 is 7.60 Å². The second-order valence-electron chi connectivity index (χ2n) is 2.52. The fourth-order valence-electron chi connectivity index (χ4n) is 0.419. The Labute approximate surface area is 64.4 Å². The van der Waals surface area contributed by atoms with Gasteiger partial charge in [-0.3, -0.25) is 4.57 Å². The molecule has 0 saturated carbocycles. The van der Waals surface area contributed by atoms with E-state index in [0.717, 1.165) is 0 Å². The van der Waals surface area contributed by atoms with Crippen LogP contribution in [-0.2, 0) is 4.57 Å². The summed E-state index contributed by atoms with van der Waals surface area (Å²) in [7, 11) is -4.09. The third-order valence-electron chi connectivity index (χ3n) is 1.13. The van der Waals surface area contributed by atoms with Crippen LogP contribution in [0.1, 0.15) is 13.3 Å². The zero-order chi connectivity index (χ0) is 9.12. The molecule has 0 spiro atoms. The molecule has 0 aliphatic rings. The highest BCUT2D eigenvalue weighted by molar-refractivity contribution is 7.51. The Bertz CT molecular complexity index is 213.